The van der Waals surface area contributed by atoms with Crippen molar-refractivity contribution in [3.8, 4) is 0 Å². The molecule has 0 aliphatic carbocycles. The quantitative estimate of drug-likeness (QED) is 0.863. The zero-order chi connectivity index (χ0) is 14.5. The van der Waals surface area contributed by atoms with Gasteiger partial charge in [0.05, 0.1) is 5.69 Å². The summed E-state index contributed by atoms with van der Waals surface area (Å²) >= 11 is 0. The first kappa shape index (κ1) is 14.6. The van der Waals surface area contributed by atoms with Crippen LogP contribution >= 0.6 is 0 Å². The normalized spacial score (nSPS) is 11.2. The van der Waals surface area contributed by atoms with Gasteiger partial charge in [0.15, 0.2) is 0 Å². The number of hydrogen-bond acceptors (Lipinski definition) is 2. The van der Waals surface area contributed by atoms with E-state index in [0.29, 0.717) is 5.92 Å². The molecule has 0 aliphatic rings. The van der Waals surface area contributed by atoms with Crippen LogP contribution in [0.1, 0.15) is 56.6 Å². The number of hydrogen-bond donors (Lipinski definition) is 1. The molecule has 2 rings (SSSR count). The van der Waals surface area contributed by atoms with Gasteiger partial charge < -0.3 is 10.3 Å². The van der Waals surface area contributed by atoms with E-state index < -0.39 is 0 Å². The van der Waals surface area contributed by atoms with E-state index in [2.05, 4.69) is 49.6 Å². The first-order valence-electron chi connectivity index (χ1n) is 7.52. The molecule has 3 heteroatoms. The largest absolute Gasteiger partial charge is 0.384 e. The van der Waals surface area contributed by atoms with Gasteiger partial charge in [0.2, 0.25) is 0 Å². The lowest BCUT2D eigenvalue weighted by Crippen LogP contribution is -2.08. The average molecular weight is 271 g/mol. The summed E-state index contributed by atoms with van der Waals surface area (Å²) in [7, 11) is 0. The highest BCUT2D eigenvalue weighted by Gasteiger charge is 2.16. The minimum atomic E-state index is 0.402. The zero-order valence-corrected chi connectivity index (χ0v) is 12.8. The Kier molecular flexibility index (Phi) is 4.83. The molecule has 0 atom stereocenters. The molecule has 1 aromatic heterocycles. The Morgan fingerprint density at radius 3 is 2.50 bits per heavy atom. The summed E-state index contributed by atoms with van der Waals surface area (Å²) in [6.07, 6.45) is 3.12. The summed E-state index contributed by atoms with van der Waals surface area (Å²) < 4.78 is 2.20. The van der Waals surface area contributed by atoms with E-state index in [-0.39, 0.29) is 0 Å². The van der Waals surface area contributed by atoms with Crippen molar-refractivity contribution >= 4 is 5.82 Å². The van der Waals surface area contributed by atoms with Crippen molar-refractivity contribution in [3.05, 3.63) is 47.4 Å². The number of nitrogens with two attached hydrogens (primary N) is 1. The lowest BCUT2D eigenvalue weighted by molar-refractivity contribution is 0.588. The number of benzene rings is 1. The third-order valence-corrected chi connectivity index (χ3v) is 3.58. The molecular formula is C17H25N3. The second kappa shape index (κ2) is 6.60. The van der Waals surface area contributed by atoms with Crippen LogP contribution in [0, 0.1) is 0 Å². The van der Waals surface area contributed by atoms with Crippen LogP contribution in [0.2, 0.25) is 0 Å². The molecule has 0 fully saturated rings. The Morgan fingerprint density at radius 1 is 1.20 bits per heavy atom. The van der Waals surface area contributed by atoms with Gasteiger partial charge in [-0.25, -0.2) is 4.98 Å². The van der Waals surface area contributed by atoms with E-state index in [4.69, 9.17) is 10.7 Å². The minimum Gasteiger partial charge on any atom is -0.384 e. The summed E-state index contributed by atoms with van der Waals surface area (Å²) in [4.78, 5) is 4.80. The maximum atomic E-state index is 6.33. The fourth-order valence-corrected chi connectivity index (χ4v) is 2.45. The van der Waals surface area contributed by atoms with Gasteiger partial charge in [-0.1, -0.05) is 57.5 Å². The number of rotatable bonds is 6. The van der Waals surface area contributed by atoms with E-state index in [1.807, 2.05) is 6.07 Å². The van der Waals surface area contributed by atoms with E-state index in [1.54, 1.807) is 0 Å². The Labute approximate surface area is 121 Å². The third-order valence-electron chi connectivity index (χ3n) is 3.58. The predicted octanol–water partition coefficient (Wildman–Crippen LogP) is 3.98. The van der Waals surface area contributed by atoms with E-state index in [1.165, 1.54) is 12.0 Å². The van der Waals surface area contributed by atoms with Crippen LogP contribution < -0.4 is 5.73 Å². The molecule has 2 N–H and O–H groups in total. The number of imidazole rings is 1. The number of unbranched alkanes of at least 4 members (excludes halogenated alkanes) is 1. The monoisotopic (exact) mass is 271 g/mol. The molecule has 3 nitrogen and oxygen atoms in total. The summed E-state index contributed by atoms with van der Waals surface area (Å²) in [5, 5.41) is 0. The molecule has 0 amide bonds. The van der Waals surface area contributed by atoms with Gasteiger partial charge in [-0.3, -0.25) is 0 Å². The molecule has 0 saturated carbocycles. The molecule has 0 aliphatic heterocycles. The number of nitrogens with zero attached hydrogens (tertiary/aromatic N) is 2. The number of aromatic nitrogens is 2. The molecule has 2 aromatic rings. The van der Waals surface area contributed by atoms with Crippen LogP contribution in [0.3, 0.4) is 0 Å². The minimum absolute atomic E-state index is 0.402. The Balaban J connectivity index is 2.29. The summed E-state index contributed by atoms with van der Waals surface area (Å²) in [5.74, 6) is 2.35. The van der Waals surface area contributed by atoms with Gasteiger partial charge in [0.1, 0.15) is 11.6 Å². The highest BCUT2D eigenvalue weighted by molar-refractivity contribution is 5.42. The van der Waals surface area contributed by atoms with Crippen molar-refractivity contribution in [1.29, 1.82) is 0 Å². The second-order valence-corrected chi connectivity index (χ2v) is 5.62. The maximum absolute atomic E-state index is 6.33. The number of nitrogen functional groups attached to an aromatic ring is 1. The summed E-state index contributed by atoms with van der Waals surface area (Å²) in [6.45, 7) is 7.53. The third kappa shape index (κ3) is 3.21. The van der Waals surface area contributed by atoms with Crippen LogP contribution in [0.25, 0.3) is 0 Å². The van der Waals surface area contributed by atoms with Crippen molar-refractivity contribution in [3.63, 3.8) is 0 Å². The highest BCUT2D eigenvalue weighted by atomic mass is 15.1. The topological polar surface area (TPSA) is 43.8 Å². The molecule has 0 radical (unpaired) electrons. The first-order valence-corrected chi connectivity index (χ1v) is 7.52. The molecule has 20 heavy (non-hydrogen) atoms. The van der Waals surface area contributed by atoms with Crippen LogP contribution in [-0.4, -0.2) is 9.55 Å². The van der Waals surface area contributed by atoms with Crippen LogP contribution in [0.4, 0.5) is 5.82 Å². The standard InChI is InChI=1S/C17H25N3/c1-4-5-11-20-16(18)15(19-17(20)13(2)3)12-14-9-7-6-8-10-14/h6-10,13H,4-5,11-12,18H2,1-3H3. The van der Waals surface area contributed by atoms with E-state index in [0.717, 1.165) is 36.7 Å². The maximum Gasteiger partial charge on any atom is 0.127 e. The van der Waals surface area contributed by atoms with Crippen molar-refractivity contribution in [2.75, 3.05) is 5.73 Å². The Morgan fingerprint density at radius 2 is 1.90 bits per heavy atom. The SMILES string of the molecule is CCCCn1c(C(C)C)nc(Cc2ccccc2)c1N. The van der Waals surface area contributed by atoms with Crippen LogP contribution in [-0.2, 0) is 13.0 Å². The van der Waals surface area contributed by atoms with Crippen LogP contribution in [0.5, 0.6) is 0 Å². The first-order chi connectivity index (χ1) is 9.63. The molecule has 0 spiro atoms. The molecule has 108 valence electrons. The molecule has 0 unspecified atom stereocenters. The van der Waals surface area contributed by atoms with Gasteiger partial charge in [0.25, 0.3) is 0 Å². The molecular weight excluding hydrogens is 246 g/mol. The Bertz CT molecular complexity index is 541. The van der Waals surface area contributed by atoms with Gasteiger partial charge >= 0.3 is 0 Å². The summed E-state index contributed by atoms with van der Waals surface area (Å²) in [5.41, 5.74) is 8.60. The van der Waals surface area contributed by atoms with E-state index in [9.17, 15) is 0 Å². The van der Waals surface area contributed by atoms with Crippen molar-refractivity contribution in [2.45, 2.75) is 52.5 Å². The lowest BCUT2D eigenvalue weighted by Gasteiger charge is -2.11. The Hall–Kier alpha value is -1.77. The van der Waals surface area contributed by atoms with Crippen molar-refractivity contribution in [2.24, 2.45) is 0 Å². The van der Waals surface area contributed by atoms with Gasteiger partial charge in [-0.05, 0) is 12.0 Å². The van der Waals surface area contributed by atoms with E-state index >= 15 is 0 Å². The zero-order valence-electron chi connectivity index (χ0n) is 12.8. The van der Waals surface area contributed by atoms with Gasteiger partial charge in [-0.15, -0.1) is 0 Å². The summed E-state index contributed by atoms with van der Waals surface area (Å²) in [6, 6.07) is 10.4. The van der Waals surface area contributed by atoms with Crippen molar-refractivity contribution < 1.29 is 0 Å². The fourth-order valence-electron chi connectivity index (χ4n) is 2.45. The molecule has 1 aromatic carbocycles. The van der Waals surface area contributed by atoms with Crippen molar-refractivity contribution in [1.82, 2.24) is 9.55 Å². The fraction of sp³-hybridized carbons (Fsp3) is 0.471. The van der Waals surface area contributed by atoms with Crippen LogP contribution in [0.15, 0.2) is 30.3 Å². The lowest BCUT2D eigenvalue weighted by atomic mass is 10.1. The second-order valence-electron chi connectivity index (χ2n) is 5.62. The highest BCUT2D eigenvalue weighted by Crippen LogP contribution is 2.23. The number of anilines is 1. The average Bonchev–Trinajstić information content (AvgIpc) is 2.75. The molecule has 1 heterocycles. The van der Waals surface area contributed by atoms with Gasteiger partial charge in [-0.2, -0.15) is 0 Å². The molecule has 0 bridgehead atoms. The smallest absolute Gasteiger partial charge is 0.127 e. The predicted molar refractivity (Wildman–Crippen MR) is 84.9 cm³/mol. The molecule has 0 saturated heterocycles. The van der Waals surface area contributed by atoms with Gasteiger partial charge in [0, 0.05) is 18.9 Å².